The smallest absolute Gasteiger partial charge is 0.103 e. The maximum atomic E-state index is 10.1. The average molecular weight is 225 g/mol. The van der Waals surface area contributed by atoms with Crippen LogP contribution in [0.1, 0.15) is 43.2 Å². The third kappa shape index (κ3) is 2.05. The van der Waals surface area contributed by atoms with Gasteiger partial charge in [0.2, 0.25) is 0 Å². The predicted molar refractivity (Wildman–Crippen MR) is 61.1 cm³/mol. The maximum absolute atomic E-state index is 10.1. The van der Waals surface area contributed by atoms with Gasteiger partial charge in [-0.05, 0) is 24.8 Å². The summed E-state index contributed by atoms with van der Waals surface area (Å²) < 4.78 is 5.34. The number of hydrogen-bond donors (Lipinski definition) is 1. The number of aliphatic hydroxyl groups is 1. The van der Waals surface area contributed by atoms with Gasteiger partial charge in [0, 0.05) is 21.2 Å². The highest BCUT2D eigenvalue weighted by Gasteiger charge is 2.28. The first-order valence-electron chi connectivity index (χ1n) is 5.22. The second-order valence-corrected chi connectivity index (χ2v) is 4.37. The summed E-state index contributed by atoms with van der Waals surface area (Å²) in [7, 11) is 2.29. The summed E-state index contributed by atoms with van der Waals surface area (Å²) in [5, 5.41) is 10.1. The van der Waals surface area contributed by atoms with Gasteiger partial charge in [0.1, 0.15) is 6.10 Å². The molecule has 15 heavy (non-hydrogen) atoms. The van der Waals surface area contributed by atoms with Crippen LogP contribution in [0.15, 0.2) is 18.3 Å². The number of aromatic nitrogens is 1. The highest BCUT2D eigenvalue weighted by molar-refractivity contribution is 7.09. The van der Waals surface area contributed by atoms with Gasteiger partial charge in [-0.15, -0.1) is 0 Å². The molecule has 0 aliphatic heterocycles. The molecule has 82 valence electrons. The van der Waals surface area contributed by atoms with Crippen molar-refractivity contribution in [3.63, 3.8) is 0 Å². The van der Waals surface area contributed by atoms with E-state index in [1.54, 1.807) is 6.20 Å². The van der Waals surface area contributed by atoms with Crippen molar-refractivity contribution >= 4 is 9.47 Å². The van der Waals surface area contributed by atoms with E-state index in [4.69, 9.17) is 4.52 Å². The second-order valence-electron chi connectivity index (χ2n) is 4.10. The van der Waals surface area contributed by atoms with Crippen LogP contribution in [0, 0.1) is 5.92 Å². The maximum Gasteiger partial charge on any atom is 0.103 e. The van der Waals surface area contributed by atoms with Crippen molar-refractivity contribution in [1.82, 2.24) is 4.98 Å². The van der Waals surface area contributed by atoms with E-state index in [0.717, 1.165) is 24.1 Å². The Kier molecular flexibility index (Phi) is 3.35. The molecule has 0 bridgehead atoms. The van der Waals surface area contributed by atoms with Crippen LogP contribution in [0.3, 0.4) is 0 Å². The van der Waals surface area contributed by atoms with Crippen LogP contribution in [0.2, 0.25) is 0 Å². The van der Waals surface area contributed by atoms with Crippen LogP contribution in [0.5, 0.6) is 0 Å². The molecule has 4 atom stereocenters. The van der Waals surface area contributed by atoms with Crippen LogP contribution in [-0.4, -0.2) is 10.1 Å². The molecule has 1 aromatic heterocycles. The van der Waals surface area contributed by atoms with E-state index in [2.05, 4.69) is 21.4 Å². The number of rotatable bonds is 1. The normalized spacial score (nSPS) is 30.7. The van der Waals surface area contributed by atoms with E-state index in [1.165, 1.54) is 0 Å². The van der Waals surface area contributed by atoms with Crippen molar-refractivity contribution in [3.8, 4) is 0 Å². The number of hydrogen-bond acceptors (Lipinski definition) is 3. The second kappa shape index (κ2) is 4.56. The zero-order chi connectivity index (χ0) is 10.8. The van der Waals surface area contributed by atoms with Gasteiger partial charge < -0.3 is 9.63 Å². The molecule has 0 saturated heterocycles. The fourth-order valence-corrected chi connectivity index (χ4v) is 2.36. The van der Waals surface area contributed by atoms with Crippen molar-refractivity contribution in [2.45, 2.75) is 32.0 Å². The fourth-order valence-electron chi connectivity index (χ4n) is 2.10. The summed E-state index contributed by atoms with van der Waals surface area (Å²) in [5.41, 5.74) is 1.79. The van der Waals surface area contributed by atoms with Crippen molar-refractivity contribution < 1.29 is 9.63 Å². The van der Waals surface area contributed by atoms with E-state index in [1.807, 2.05) is 12.1 Å². The van der Waals surface area contributed by atoms with E-state index < -0.39 is 6.10 Å². The third-order valence-corrected chi connectivity index (χ3v) is 3.41. The largest absolute Gasteiger partial charge is 0.388 e. The minimum Gasteiger partial charge on any atom is -0.388 e. The van der Waals surface area contributed by atoms with Crippen molar-refractivity contribution in [2.75, 3.05) is 0 Å². The molecule has 0 radical (unpaired) electrons. The Balaban J connectivity index is 2.44. The number of pyridine rings is 1. The Morgan fingerprint density at radius 3 is 3.07 bits per heavy atom. The minimum atomic E-state index is -0.418. The molecule has 1 heterocycles. The molecular formula is C11H16NO2P. The molecule has 0 amide bonds. The van der Waals surface area contributed by atoms with Crippen molar-refractivity contribution in [1.29, 1.82) is 0 Å². The molecule has 1 aromatic rings. The highest BCUT2D eigenvalue weighted by Crippen LogP contribution is 2.38. The van der Waals surface area contributed by atoms with Gasteiger partial charge in [-0.2, -0.15) is 0 Å². The molecule has 0 saturated carbocycles. The summed E-state index contributed by atoms with van der Waals surface area (Å²) in [6, 6.07) is 3.80. The van der Waals surface area contributed by atoms with Gasteiger partial charge in [-0.25, -0.2) is 0 Å². The quantitative estimate of drug-likeness (QED) is 0.589. The number of aliphatic hydroxyl groups excluding tert-OH is 1. The Labute approximate surface area is 92.2 Å². The van der Waals surface area contributed by atoms with Crippen LogP contribution >= 0.6 is 9.47 Å². The fraction of sp³-hybridized carbons (Fsp3) is 0.545. The Bertz CT molecular complexity index is 330. The zero-order valence-corrected chi connectivity index (χ0v) is 9.91. The highest BCUT2D eigenvalue weighted by atomic mass is 31.0. The summed E-state index contributed by atoms with van der Waals surface area (Å²) >= 11 is 0. The van der Waals surface area contributed by atoms with Gasteiger partial charge in [-0.1, -0.05) is 13.0 Å². The van der Waals surface area contributed by atoms with Gasteiger partial charge in [0.15, 0.2) is 0 Å². The molecular weight excluding hydrogens is 209 g/mol. The van der Waals surface area contributed by atoms with Crippen LogP contribution in [0.4, 0.5) is 0 Å². The molecule has 1 N–H and O–H groups in total. The first kappa shape index (κ1) is 11.0. The van der Waals surface area contributed by atoms with Crippen LogP contribution in [0.25, 0.3) is 0 Å². The standard InChI is InChI=1S/C11H16NO2P/c1-7-4-5-9(14-15)10-8(11(7)13)3-2-6-12-10/h2-3,6-7,9,11,13H,4-5,15H2,1H3. The van der Waals surface area contributed by atoms with E-state index in [9.17, 15) is 5.11 Å². The monoisotopic (exact) mass is 225 g/mol. The first-order chi connectivity index (χ1) is 7.24. The number of nitrogens with zero attached hydrogens (tertiary/aromatic N) is 1. The van der Waals surface area contributed by atoms with Gasteiger partial charge in [-0.3, -0.25) is 4.98 Å². The molecule has 0 aromatic carbocycles. The SMILES string of the molecule is CC1CCC(OP)c2ncccc2C1O. The molecule has 3 nitrogen and oxygen atoms in total. The van der Waals surface area contributed by atoms with Gasteiger partial charge in [0.05, 0.1) is 11.8 Å². The summed E-state index contributed by atoms with van der Waals surface area (Å²) in [4.78, 5) is 4.32. The Morgan fingerprint density at radius 1 is 1.53 bits per heavy atom. The Morgan fingerprint density at radius 2 is 2.33 bits per heavy atom. The minimum absolute atomic E-state index is 0.00852. The molecule has 1 aliphatic carbocycles. The first-order valence-corrected chi connectivity index (χ1v) is 5.69. The molecule has 0 fully saturated rings. The van der Waals surface area contributed by atoms with Gasteiger partial charge in [0.25, 0.3) is 0 Å². The summed E-state index contributed by atoms with van der Waals surface area (Å²) in [6.45, 7) is 2.06. The number of fused-ring (bicyclic) bond motifs is 1. The lowest BCUT2D eigenvalue weighted by Gasteiger charge is -2.17. The van der Waals surface area contributed by atoms with Gasteiger partial charge >= 0.3 is 0 Å². The molecule has 4 heteroatoms. The molecule has 2 rings (SSSR count). The third-order valence-electron chi connectivity index (χ3n) is 3.08. The van der Waals surface area contributed by atoms with E-state index >= 15 is 0 Å². The predicted octanol–water partition coefficient (Wildman–Crippen LogP) is 2.39. The lowest BCUT2D eigenvalue weighted by Crippen LogP contribution is -2.09. The van der Waals surface area contributed by atoms with Crippen LogP contribution < -0.4 is 0 Å². The topological polar surface area (TPSA) is 42.4 Å². The van der Waals surface area contributed by atoms with Crippen molar-refractivity contribution in [2.24, 2.45) is 5.92 Å². The Hall–Kier alpha value is -0.500. The van der Waals surface area contributed by atoms with E-state index in [-0.39, 0.29) is 12.0 Å². The molecule has 0 spiro atoms. The lowest BCUT2D eigenvalue weighted by atomic mass is 9.97. The lowest BCUT2D eigenvalue weighted by molar-refractivity contribution is 0.113. The summed E-state index contributed by atoms with van der Waals surface area (Å²) in [6.07, 6.45) is 3.19. The zero-order valence-electron chi connectivity index (χ0n) is 8.76. The molecule has 1 aliphatic rings. The van der Waals surface area contributed by atoms with Crippen LogP contribution in [-0.2, 0) is 4.52 Å². The van der Waals surface area contributed by atoms with Crippen molar-refractivity contribution in [3.05, 3.63) is 29.6 Å². The average Bonchev–Trinajstić information content (AvgIpc) is 2.39. The summed E-state index contributed by atoms with van der Waals surface area (Å²) in [5.74, 6) is 0.262. The van der Waals surface area contributed by atoms with E-state index in [0.29, 0.717) is 0 Å². The molecule has 4 unspecified atom stereocenters.